The molecule has 15 heteroatoms. The van der Waals surface area contributed by atoms with Crippen molar-refractivity contribution in [1.82, 2.24) is 30.7 Å². The Hall–Kier alpha value is -4.89. The van der Waals surface area contributed by atoms with Crippen LogP contribution in [0.5, 0.6) is 0 Å². The molecule has 2 aliphatic carbocycles. The summed E-state index contributed by atoms with van der Waals surface area (Å²) < 4.78 is 21.2. The number of carbonyl (C=O) groups is 5. The van der Waals surface area contributed by atoms with Crippen LogP contribution in [0.15, 0.2) is 60.7 Å². The van der Waals surface area contributed by atoms with Crippen molar-refractivity contribution in [1.29, 1.82) is 0 Å². The zero-order chi connectivity index (χ0) is 44.3. The number of nitrogens with one attached hydrogen (secondary N) is 3. The molecule has 3 N–H and O–H groups in total. The van der Waals surface area contributed by atoms with E-state index in [0.29, 0.717) is 45.2 Å². The number of piperazine rings is 2. The smallest absolute Gasteiger partial charge is 0.410 e. The summed E-state index contributed by atoms with van der Waals surface area (Å²) in [6.07, 6.45) is 5.73. The Balaban J connectivity index is 0.000000222. The van der Waals surface area contributed by atoms with Gasteiger partial charge in [0.2, 0.25) is 0 Å². The fourth-order valence-corrected chi connectivity index (χ4v) is 7.46. The first kappa shape index (κ1) is 48.8. The van der Waals surface area contributed by atoms with Gasteiger partial charge in [-0.1, -0.05) is 60.7 Å². The molecule has 2 aliphatic heterocycles. The van der Waals surface area contributed by atoms with Gasteiger partial charge in [-0.3, -0.25) is 9.69 Å². The minimum atomic E-state index is -0.483. The maximum Gasteiger partial charge on any atom is 0.410 e. The molecule has 338 valence electrons. The standard InChI is InChI=1S/C23H35N3O4.C12H16N2O2.C11H19NO3/c1-23(2,3)30-21(27)24-19-10-7-11-20(16-19)25-12-14-26(15-13-25)22(28)29-17-18-8-5-4-6-9-18;15-12(14-8-6-13-7-9-14)16-10-11-4-2-1-3-5-11;1-11(2,3)15-10(14)12-8-5-4-6-9(13)7-8/h4-6,8-9,19-20H,7,10-17H2,1-3H3,(H,24,27);1-5,13H,6-10H2;8H,4-7H2,1-3H3,(H,12,14)/t19-,20?;;8-/m1.1/s1. The van der Waals surface area contributed by atoms with E-state index in [9.17, 15) is 24.0 Å². The highest BCUT2D eigenvalue weighted by molar-refractivity contribution is 5.80. The third-order valence-corrected chi connectivity index (χ3v) is 10.4. The van der Waals surface area contributed by atoms with Crippen LogP contribution < -0.4 is 16.0 Å². The van der Waals surface area contributed by atoms with Crippen LogP contribution in [0, 0.1) is 0 Å². The Kier molecular flexibility index (Phi) is 19.6. The van der Waals surface area contributed by atoms with Gasteiger partial charge >= 0.3 is 24.4 Å². The van der Waals surface area contributed by atoms with Crippen LogP contribution in [0.3, 0.4) is 0 Å². The summed E-state index contributed by atoms with van der Waals surface area (Å²) in [7, 11) is 0. The molecule has 15 nitrogen and oxygen atoms in total. The summed E-state index contributed by atoms with van der Waals surface area (Å²) >= 11 is 0. The molecule has 61 heavy (non-hydrogen) atoms. The molecule has 4 fully saturated rings. The molecule has 2 aromatic carbocycles. The molecule has 2 saturated carbocycles. The Morgan fingerprint density at radius 3 is 1.61 bits per heavy atom. The number of ether oxygens (including phenoxy) is 4. The van der Waals surface area contributed by atoms with E-state index in [2.05, 4.69) is 20.9 Å². The maximum atomic E-state index is 12.4. The van der Waals surface area contributed by atoms with E-state index in [1.807, 2.05) is 102 Å². The number of ketones is 1. The van der Waals surface area contributed by atoms with Crippen LogP contribution >= 0.6 is 0 Å². The zero-order valence-corrected chi connectivity index (χ0v) is 37.2. The van der Waals surface area contributed by atoms with E-state index < -0.39 is 17.3 Å². The van der Waals surface area contributed by atoms with Gasteiger partial charge < -0.3 is 44.7 Å². The van der Waals surface area contributed by atoms with Gasteiger partial charge in [0.25, 0.3) is 0 Å². The van der Waals surface area contributed by atoms with Crippen molar-refractivity contribution >= 4 is 30.2 Å². The molecule has 0 radical (unpaired) electrons. The number of amides is 4. The number of benzene rings is 2. The second kappa shape index (κ2) is 24.5. The summed E-state index contributed by atoms with van der Waals surface area (Å²) in [6.45, 7) is 17.9. The molecule has 0 aromatic heterocycles. The van der Waals surface area contributed by atoms with Gasteiger partial charge in [0.15, 0.2) is 0 Å². The predicted molar refractivity (Wildman–Crippen MR) is 233 cm³/mol. The number of rotatable bonds is 7. The Morgan fingerprint density at radius 1 is 0.639 bits per heavy atom. The maximum absolute atomic E-state index is 12.4. The number of hydrogen-bond acceptors (Lipinski definition) is 11. The lowest BCUT2D eigenvalue weighted by atomic mass is 9.89. The monoisotopic (exact) mass is 851 g/mol. The molecule has 2 heterocycles. The van der Waals surface area contributed by atoms with E-state index in [4.69, 9.17) is 18.9 Å². The second-order valence-electron chi connectivity index (χ2n) is 18.0. The van der Waals surface area contributed by atoms with E-state index in [1.165, 1.54) is 0 Å². The number of carbonyl (C=O) groups excluding carboxylic acids is 5. The summed E-state index contributed by atoms with van der Waals surface area (Å²) in [6, 6.07) is 20.0. The van der Waals surface area contributed by atoms with Crippen LogP contribution in [-0.4, -0.2) is 127 Å². The van der Waals surface area contributed by atoms with Crippen molar-refractivity contribution in [2.45, 2.75) is 135 Å². The first-order chi connectivity index (χ1) is 29.0. The van der Waals surface area contributed by atoms with Gasteiger partial charge in [-0.2, -0.15) is 0 Å². The lowest BCUT2D eigenvalue weighted by Gasteiger charge is -2.42. The van der Waals surface area contributed by atoms with Gasteiger partial charge in [0, 0.05) is 83.3 Å². The third-order valence-electron chi connectivity index (χ3n) is 10.4. The molecule has 0 spiro atoms. The van der Waals surface area contributed by atoms with Crippen LogP contribution in [0.4, 0.5) is 19.2 Å². The second-order valence-corrected chi connectivity index (χ2v) is 18.0. The van der Waals surface area contributed by atoms with E-state index in [1.54, 1.807) is 9.80 Å². The lowest BCUT2D eigenvalue weighted by Crippen LogP contribution is -2.54. The molecule has 6 rings (SSSR count). The van der Waals surface area contributed by atoms with E-state index in [0.717, 1.165) is 88.9 Å². The Labute approximate surface area is 362 Å². The highest BCUT2D eigenvalue weighted by Crippen LogP contribution is 2.25. The van der Waals surface area contributed by atoms with Crippen molar-refractivity contribution in [2.75, 3.05) is 52.4 Å². The van der Waals surface area contributed by atoms with Crippen molar-refractivity contribution < 1.29 is 42.9 Å². The summed E-state index contributed by atoms with van der Waals surface area (Å²) in [5, 5.41) is 8.95. The number of alkyl carbamates (subject to hydrolysis) is 2. The van der Waals surface area contributed by atoms with Gasteiger partial charge in [0.1, 0.15) is 30.2 Å². The van der Waals surface area contributed by atoms with Crippen LogP contribution in [-0.2, 0) is 37.0 Å². The summed E-state index contributed by atoms with van der Waals surface area (Å²) in [4.78, 5) is 64.6. The molecule has 4 aliphatic rings. The molecule has 1 unspecified atom stereocenters. The topological polar surface area (TPSA) is 168 Å². The third kappa shape index (κ3) is 19.6. The van der Waals surface area contributed by atoms with Gasteiger partial charge in [-0.15, -0.1) is 0 Å². The minimum absolute atomic E-state index is 0.0406. The van der Waals surface area contributed by atoms with Crippen molar-refractivity contribution in [2.24, 2.45) is 0 Å². The highest BCUT2D eigenvalue weighted by atomic mass is 16.6. The first-order valence-electron chi connectivity index (χ1n) is 21.9. The van der Waals surface area contributed by atoms with E-state index in [-0.39, 0.29) is 36.1 Å². The lowest BCUT2D eigenvalue weighted by molar-refractivity contribution is -0.120. The van der Waals surface area contributed by atoms with Gasteiger partial charge in [0.05, 0.1) is 0 Å². The molecular formula is C46H70N6O9. The average molecular weight is 851 g/mol. The quantitative estimate of drug-likeness (QED) is 0.245. The fourth-order valence-electron chi connectivity index (χ4n) is 7.46. The molecule has 0 bridgehead atoms. The van der Waals surface area contributed by atoms with Gasteiger partial charge in [-0.05, 0) is 91.2 Å². The zero-order valence-electron chi connectivity index (χ0n) is 37.2. The number of hydrogen-bond donors (Lipinski definition) is 3. The predicted octanol–water partition coefficient (Wildman–Crippen LogP) is 7.03. The SMILES string of the molecule is CC(C)(C)OC(=O)N[C@@H]1CCCC(=O)C1.CC(C)(C)OC(=O)N[C@@H]1CCCC(N2CCN(C(=O)OCc3ccccc3)CC2)C1.O=C(OCc1ccccc1)N1CCNCC1. The average Bonchev–Trinajstić information content (AvgIpc) is 3.22. The number of Topliss-reactive ketones (excluding diaryl/α,β-unsaturated/α-hetero) is 1. The molecule has 2 aromatic rings. The van der Waals surface area contributed by atoms with Crippen molar-refractivity contribution in [3.8, 4) is 0 Å². The van der Waals surface area contributed by atoms with Crippen LogP contribution in [0.1, 0.15) is 104 Å². The fraction of sp³-hybridized carbons (Fsp3) is 0.630. The molecule has 3 atom stereocenters. The normalized spacial score (nSPS) is 21.0. The van der Waals surface area contributed by atoms with Crippen molar-refractivity contribution in [3.63, 3.8) is 0 Å². The Bertz CT molecular complexity index is 1650. The first-order valence-corrected chi connectivity index (χ1v) is 21.9. The Morgan fingerprint density at radius 2 is 1.11 bits per heavy atom. The number of nitrogens with zero attached hydrogens (tertiary/aromatic N) is 3. The van der Waals surface area contributed by atoms with Crippen LogP contribution in [0.2, 0.25) is 0 Å². The van der Waals surface area contributed by atoms with Crippen LogP contribution in [0.25, 0.3) is 0 Å². The highest BCUT2D eigenvalue weighted by Gasteiger charge is 2.32. The minimum Gasteiger partial charge on any atom is -0.445 e. The molecule has 4 amide bonds. The van der Waals surface area contributed by atoms with E-state index >= 15 is 0 Å². The van der Waals surface area contributed by atoms with Crippen molar-refractivity contribution in [3.05, 3.63) is 71.8 Å². The van der Waals surface area contributed by atoms with Gasteiger partial charge in [-0.25, -0.2) is 19.2 Å². The largest absolute Gasteiger partial charge is 0.445 e. The molecular weight excluding hydrogens is 781 g/mol. The molecule has 2 saturated heterocycles. The summed E-state index contributed by atoms with van der Waals surface area (Å²) in [5.74, 6) is 0.224. The summed E-state index contributed by atoms with van der Waals surface area (Å²) in [5.41, 5.74) is 1.05.